The zero-order valence-corrected chi connectivity index (χ0v) is 7.05. The van der Waals surface area contributed by atoms with Crippen molar-refractivity contribution >= 4 is 17.6 Å². The normalized spacial score (nSPS) is 9.80. The minimum atomic E-state index is -1.86. The molecule has 0 saturated carbocycles. The molecule has 0 atom stereocenters. The summed E-state index contributed by atoms with van der Waals surface area (Å²) in [6, 6.07) is 1.28. The number of carbonyl (C=O) groups excluding carboxylic acids is 1. The zero-order valence-electron chi connectivity index (χ0n) is 7.05. The number of hydrogen-bond donors (Lipinski definition) is 2. The van der Waals surface area contributed by atoms with Crippen molar-refractivity contribution in [2.45, 2.75) is 0 Å². The second-order valence-electron chi connectivity index (χ2n) is 2.48. The number of anilines is 1. The Morgan fingerprint density at radius 3 is 2.27 bits per heavy atom. The third-order valence-corrected chi connectivity index (χ3v) is 1.48. The molecule has 0 bridgehead atoms. The molecule has 0 unspecified atom stereocenters. The maximum absolute atomic E-state index is 12.9. The van der Waals surface area contributed by atoms with E-state index in [1.54, 1.807) is 5.32 Å². The van der Waals surface area contributed by atoms with Gasteiger partial charge in [0.1, 0.15) is 0 Å². The van der Waals surface area contributed by atoms with Gasteiger partial charge in [-0.05, 0) is 12.1 Å². The summed E-state index contributed by atoms with van der Waals surface area (Å²) in [7, 11) is 0. The number of aliphatic carboxylic acids is 1. The molecule has 0 spiro atoms. The van der Waals surface area contributed by atoms with E-state index in [1.807, 2.05) is 0 Å². The molecule has 80 valence electrons. The molecular weight excluding hydrogens is 215 g/mol. The first kappa shape index (κ1) is 11.0. The Kier molecular flexibility index (Phi) is 2.93. The Balaban J connectivity index is 3.02. The molecule has 0 radical (unpaired) electrons. The number of amides is 1. The van der Waals surface area contributed by atoms with Crippen molar-refractivity contribution in [3.05, 3.63) is 29.6 Å². The van der Waals surface area contributed by atoms with Crippen LogP contribution in [0.3, 0.4) is 0 Å². The minimum absolute atomic E-state index is 0.565. The Bertz CT molecular complexity index is 433. The first-order valence-corrected chi connectivity index (χ1v) is 3.61. The van der Waals surface area contributed by atoms with Crippen molar-refractivity contribution in [3.63, 3.8) is 0 Å². The molecule has 1 aromatic carbocycles. The molecule has 15 heavy (non-hydrogen) atoms. The Morgan fingerprint density at radius 1 is 1.13 bits per heavy atom. The van der Waals surface area contributed by atoms with Gasteiger partial charge in [-0.1, -0.05) is 0 Å². The van der Waals surface area contributed by atoms with Gasteiger partial charge in [0, 0.05) is 0 Å². The van der Waals surface area contributed by atoms with Gasteiger partial charge in [0.15, 0.2) is 17.5 Å². The molecule has 0 fully saturated rings. The van der Waals surface area contributed by atoms with E-state index in [-0.39, 0.29) is 0 Å². The van der Waals surface area contributed by atoms with Crippen LogP contribution in [0.25, 0.3) is 0 Å². The van der Waals surface area contributed by atoms with Crippen LogP contribution < -0.4 is 5.32 Å². The summed E-state index contributed by atoms with van der Waals surface area (Å²) in [6.07, 6.45) is 0. The van der Waals surface area contributed by atoms with E-state index < -0.39 is 35.0 Å². The van der Waals surface area contributed by atoms with Crippen LogP contribution >= 0.6 is 0 Å². The smallest absolute Gasteiger partial charge is 0.394 e. The van der Waals surface area contributed by atoms with Crippen molar-refractivity contribution in [2.24, 2.45) is 0 Å². The van der Waals surface area contributed by atoms with Gasteiger partial charge in [-0.3, -0.25) is 4.79 Å². The number of halogens is 3. The van der Waals surface area contributed by atoms with Crippen LogP contribution in [0.4, 0.5) is 18.9 Å². The average Bonchev–Trinajstić information content (AvgIpc) is 2.18. The third-order valence-electron chi connectivity index (χ3n) is 1.48. The van der Waals surface area contributed by atoms with Crippen LogP contribution in [0.5, 0.6) is 0 Å². The van der Waals surface area contributed by atoms with Gasteiger partial charge in [0.25, 0.3) is 0 Å². The lowest BCUT2D eigenvalue weighted by atomic mass is 10.3. The second kappa shape index (κ2) is 3.99. The van der Waals surface area contributed by atoms with Crippen molar-refractivity contribution < 1.29 is 27.9 Å². The second-order valence-corrected chi connectivity index (χ2v) is 2.48. The number of hydrogen-bond acceptors (Lipinski definition) is 2. The van der Waals surface area contributed by atoms with Crippen molar-refractivity contribution in [1.29, 1.82) is 0 Å². The molecule has 0 aliphatic carbocycles. The van der Waals surface area contributed by atoms with Gasteiger partial charge in [-0.15, -0.1) is 0 Å². The zero-order chi connectivity index (χ0) is 11.6. The van der Waals surface area contributed by atoms with Crippen molar-refractivity contribution in [2.75, 3.05) is 5.32 Å². The number of rotatable bonds is 1. The summed E-state index contributed by atoms with van der Waals surface area (Å²) in [5.41, 5.74) is -0.735. The molecule has 0 aliphatic rings. The molecule has 0 aliphatic heterocycles. The predicted octanol–water partition coefficient (Wildman–Crippen LogP) is 1.13. The van der Waals surface area contributed by atoms with E-state index >= 15 is 0 Å². The molecule has 0 saturated heterocycles. The molecule has 1 rings (SSSR count). The van der Waals surface area contributed by atoms with Gasteiger partial charge in [0.2, 0.25) is 0 Å². The topological polar surface area (TPSA) is 66.4 Å². The predicted molar refractivity (Wildman–Crippen MR) is 42.6 cm³/mol. The van der Waals surface area contributed by atoms with Crippen LogP contribution in [-0.4, -0.2) is 17.0 Å². The van der Waals surface area contributed by atoms with Crippen LogP contribution in [0.2, 0.25) is 0 Å². The highest BCUT2D eigenvalue weighted by molar-refractivity contribution is 6.36. The molecule has 1 amide bonds. The van der Waals surface area contributed by atoms with Gasteiger partial charge >= 0.3 is 11.9 Å². The van der Waals surface area contributed by atoms with Gasteiger partial charge < -0.3 is 10.4 Å². The highest BCUT2D eigenvalue weighted by Crippen LogP contribution is 2.19. The first-order chi connectivity index (χ1) is 6.93. The largest absolute Gasteiger partial charge is 0.474 e. The Hall–Kier alpha value is -2.05. The number of benzene rings is 1. The maximum Gasteiger partial charge on any atom is 0.394 e. The van der Waals surface area contributed by atoms with Crippen LogP contribution in [-0.2, 0) is 9.59 Å². The number of carboxylic acids is 1. The summed E-state index contributed by atoms with van der Waals surface area (Å²) >= 11 is 0. The van der Waals surface area contributed by atoms with E-state index in [0.717, 1.165) is 0 Å². The summed E-state index contributed by atoms with van der Waals surface area (Å²) in [5, 5.41) is 9.71. The SMILES string of the molecule is O=C(O)C(=O)Nc1ccc(F)c(F)c1F. The lowest BCUT2D eigenvalue weighted by molar-refractivity contribution is -0.147. The van der Waals surface area contributed by atoms with Crippen molar-refractivity contribution in [3.8, 4) is 0 Å². The van der Waals surface area contributed by atoms with Crippen LogP contribution in [0, 0.1) is 17.5 Å². The quantitative estimate of drug-likeness (QED) is 0.549. The fraction of sp³-hybridized carbons (Fsp3) is 0. The summed E-state index contributed by atoms with van der Waals surface area (Å²) in [4.78, 5) is 20.6. The highest BCUT2D eigenvalue weighted by atomic mass is 19.2. The fourth-order valence-electron chi connectivity index (χ4n) is 0.798. The molecule has 4 nitrogen and oxygen atoms in total. The number of carbonyl (C=O) groups is 2. The van der Waals surface area contributed by atoms with Crippen molar-refractivity contribution in [1.82, 2.24) is 0 Å². The fourth-order valence-corrected chi connectivity index (χ4v) is 0.798. The van der Waals surface area contributed by atoms with Crippen LogP contribution in [0.1, 0.15) is 0 Å². The lowest BCUT2D eigenvalue weighted by Crippen LogP contribution is -2.22. The maximum atomic E-state index is 12.9. The van der Waals surface area contributed by atoms with Gasteiger partial charge in [0.05, 0.1) is 5.69 Å². The summed E-state index contributed by atoms with van der Waals surface area (Å²) in [5.74, 6) is -8.26. The summed E-state index contributed by atoms with van der Waals surface area (Å²) < 4.78 is 37.9. The minimum Gasteiger partial charge on any atom is -0.474 e. The monoisotopic (exact) mass is 219 g/mol. The molecular formula is C8H4F3NO3. The molecule has 7 heteroatoms. The summed E-state index contributed by atoms with van der Waals surface area (Å²) in [6.45, 7) is 0. The average molecular weight is 219 g/mol. The Labute approximate surface area is 81.3 Å². The standard InChI is InChI=1S/C8H4F3NO3/c9-3-1-2-4(6(11)5(3)10)12-7(13)8(14)15/h1-2H,(H,12,13)(H,14,15). The first-order valence-electron chi connectivity index (χ1n) is 3.61. The van der Waals surface area contributed by atoms with E-state index in [0.29, 0.717) is 12.1 Å². The van der Waals surface area contributed by atoms with E-state index in [2.05, 4.69) is 0 Å². The third kappa shape index (κ3) is 2.25. The number of nitrogens with one attached hydrogen (secondary N) is 1. The van der Waals surface area contributed by atoms with E-state index in [9.17, 15) is 22.8 Å². The lowest BCUT2D eigenvalue weighted by Gasteiger charge is -2.04. The highest BCUT2D eigenvalue weighted by Gasteiger charge is 2.18. The number of carboxylic acid groups (broad SMARTS) is 1. The molecule has 0 heterocycles. The van der Waals surface area contributed by atoms with E-state index in [1.165, 1.54) is 0 Å². The van der Waals surface area contributed by atoms with Crippen LogP contribution in [0.15, 0.2) is 12.1 Å². The van der Waals surface area contributed by atoms with Gasteiger partial charge in [-0.25, -0.2) is 18.0 Å². The van der Waals surface area contributed by atoms with E-state index in [4.69, 9.17) is 5.11 Å². The Morgan fingerprint density at radius 2 is 1.73 bits per heavy atom. The molecule has 0 aromatic heterocycles. The molecule has 1 aromatic rings. The van der Waals surface area contributed by atoms with Gasteiger partial charge in [-0.2, -0.15) is 0 Å². The molecule has 2 N–H and O–H groups in total.